The molecule has 1 aliphatic rings. The summed E-state index contributed by atoms with van der Waals surface area (Å²) in [6, 6.07) is 25.2. The van der Waals surface area contributed by atoms with Crippen LogP contribution in [0.15, 0.2) is 95.3 Å². The minimum Gasteiger partial charge on any atom is -0.497 e. The zero-order valence-electron chi connectivity index (χ0n) is 20.4. The lowest BCUT2D eigenvalue weighted by Crippen LogP contribution is -2.31. The van der Waals surface area contributed by atoms with Gasteiger partial charge in [-0.25, -0.2) is 4.68 Å². The SMILES string of the molecule is COc1cccc(CSc2nc3n(n2)C(c2ccccc2)C(C(=O)Nc2ccccc2C)=C(C)N3)c1. The molecule has 2 N–H and O–H groups in total. The molecule has 1 aliphatic heterocycles. The number of carbonyl (C=O) groups excluding carboxylic acids is 1. The number of nitrogens with one attached hydrogen (secondary N) is 2. The van der Waals surface area contributed by atoms with Gasteiger partial charge in [-0.2, -0.15) is 4.98 Å². The molecule has 1 aromatic heterocycles. The number of aromatic nitrogens is 3. The van der Waals surface area contributed by atoms with Crippen LogP contribution in [0.3, 0.4) is 0 Å². The number of allylic oxidation sites excluding steroid dienone is 1. The summed E-state index contributed by atoms with van der Waals surface area (Å²) in [4.78, 5) is 18.3. The lowest BCUT2D eigenvalue weighted by molar-refractivity contribution is -0.113. The van der Waals surface area contributed by atoms with E-state index in [0.29, 0.717) is 22.4 Å². The Kier molecular flexibility index (Phi) is 6.77. The summed E-state index contributed by atoms with van der Waals surface area (Å²) in [6.07, 6.45) is 0. The number of hydrogen-bond donors (Lipinski definition) is 2. The van der Waals surface area contributed by atoms with Crippen LogP contribution in [0.4, 0.5) is 11.6 Å². The third-order valence-corrected chi connectivity index (χ3v) is 7.00. The van der Waals surface area contributed by atoms with Gasteiger partial charge >= 0.3 is 0 Å². The summed E-state index contributed by atoms with van der Waals surface area (Å²) < 4.78 is 7.14. The second-order valence-corrected chi connectivity index (χ2v) is 9.49. The van der Waals surface area contributed by atoms with E-state index in [4.69, 9.17) is 14.8 Å². The zero-order valence-corrected chi connectivity index (χ0v) is 21.2. The van der Waals surface area contributed by atoms with Gasteiger partial charge in [0.15, 0.2) is 0 Å². The van der Waals surface area contributed by atoms with E-state index in [9.17, 15) is 4.79 Å². The molecule has 0 saturated carbocycles. The second kappa shape index (κ2) is 10.3. The Morgan fingerprint density at radius 1 is 1.06 bits per heavy atom. The van der Waals surface area contributed by atoms with Gasteiger partial charge in [0.05, 0.1) is 12.7 Å². The van der Waals surface area contributed by atoms with Gasteiger partial charge in [0.2, 0.25) is 11.1 Å². The van der Waals surface area contributed by atoms with Crippen molar-refractivity contribution < 1.29 is 9.53 Å². The monoisotopic (exact) mass is 497 g/mol. The molecule has 5 rings (SSSR count). The maximum Gasteiger partial charge on any atom is 0.255 e. The van der Waals surface area contributed by atoms with E-state index >= 15 is 0 Å². The number of hydrogen-bond acceptors (Lipinski definition) is 6. The van der Waals surface area contributed by atoms with Gasteiger partial charge in [-0.3, -0.25) is 4.79 Å². The lowest BCUT2D eigenvalue weighted by Gasteiger charge is -2.28. The van der Waals surface area contributed by atoms with Crippen molar-refractivity contribution >= 4 is 29.3 Å². The number of rotatable bonds is 7. The fourth-order valence-corrected chi connectivity index (χ4v) is 5.02. The number of benzene rings is 3. The van der Waals surface area contributed by atoms with Gasteiger partial charge in [0.25, 0.3) is 5.91 Å². The molecule has 1 amide bonds. The van der Waals surface area contributed by atoms with Crippen LogP contribution in [0, 0.1) is 6.92 Å². The maximum atomic E-state index is 13.6. The molecule has 8 heteroatoms. The highest BCUT2D eigenvalue weighted by Crippen LogP contribution is 2.37. The third-order valence-electron chi connectivity index (χ3n) is 6.09. The topological polar surface area (TPSA) is 81.1 Å². The van der Waals surface area contributed by atoms with Gasteiger partial charge in [-0.15, -0.1) is 5.10 Å². The van der Waals surface area contributed by atoms with E-state index in [2.05, 4.69) is 16.7 Å². The number of aryl methyl sites for hydroxylation is 1. The number of amides is 1. The van der Waals surface area contributed by atoms with Crippen LogP contribution in [0.5, 0.6) is 5.75 Å². The van der Waals surface area contributed by atoms with Gasteiger partial charge in [-0.05, 0) is 48.7 Å². The van der Waals surface area contributed by atoms with Crippen molar-refractivity contribution in [2.75, 3.05) is 17.7 Å². The van der Waals surface area contributed by atoms with Crippen molar-refractivity contribution in [1.82, 2.24) is 14.8 Å². The summed E-state index contributed by atoms with van der Waals surface area (Å²) in [5.74, 6) is 1.96. The highest BCUT2D eigenvalue weighted by Gasteiger charge is 2.34. The number of anilines is 2. The lowest BCUT2D eigenvalue weighted by atomic mass is 9.95. The minimum atomic E-state index is -0.412. The number of nitrogens with zero attached hydrogens (tertiary/aromatic N) is 3. The number of carbonyl (C=O) groups is 1. The molecule has 1 atom stereocenters. The highest BCUT2D eigenvalue weighted by molar-refractivity contribution is 7.98. The molecular weight excluding hydrogens is 470 g/mol. The van der Waals surface area contributed by atoms with Gasteiger partial charge in [0, 0.05) is 17.1 Å². The van der Waals surface area contributed by atoms with Crippen LogP contribution < -0.4 is 15.4 Å². The average molecular weight is 498 g/mol. The van der Waals surface area contributed by atoms with Crippen molar-refractivity contribution in [3.63, 3.8) is 0 Å². The summed E-state index contributed by atoms with van der Waals surface area (Å²) in [6.45, 7) is 3.88. The van der Waals surface area contributed by atoms with E-state index in [1.165, 1.54) is 0 Å². The summed E-state index contributed by atoms with van der Waals surface area (Å²) in [7, 11) is 1.66. The molecule has 1 unspecified atom stereocenters. The molecule has 3 aromatic carbocycles. The van der Waals surface area contributed by atoms with E-state index in [0.717, 1.165) is 33.8 Å². The number of methoxy groups -OCH3 is 1. The smallest absolute Gasteiger partial charge is 0.255 e. The number of para-hydroxylation sites is 1. The molecule has 0 spiro atoms. The van der Waals surface area contributed by atoms with Crippen molar-refractivity contribution in [3.8, 4) is 5.75 Å². The standard InChI is InChI=1S/C28H27N5O2S/c1-18-10-7-8-15-23(18)30-26(34)24-19(2)29-27-31-28(36-17-20-11-9-14-22(16-20)35-3)32-33(27)25(24)21-12-5-4-6-13-21/h4-16,25H,17H2,1-3H3,(H,30,34)(H,29,31,32). The molecule has 2 heterocycles. The molecule has 7 nitrogen and oxygen atoms in total. The fourth-order valence-electron chi connectivity index (χ4n) is 4.24. The second-order valence-electron chi connectivity index (χ2n) is 8.55. The number of thioether (sulfide) groups is 1. The number of ether oxygens (including phenoxy) is 1. The van der Waals surface area contributed by atoms with Crippen LogP contribution in [-0.4, -0.2) is 27.8 Å². The predicted octanol–water partition coefficient (Wildman–Crippen LogP) is 5.82. The third kappa shape index (κ3) is 4.85. The molecule has 4 aromatic rings. The molecule has 36 heavy (non-hydrogen) atoms. The highest BCUT2D eigenvalue weighted by atomic mass is 32.2. The van der Waals surface area contributed by atoms with Crippen molar-refractivity contribution in [2.24, 2.45) is 0 Å². The van der Waals surface area contributed by atoms with Gasteiger partial charge in [0.1, 0.15) is 11.8 Å². The number of fused-ring (bicyclic) bond motifs is 1. The fraction of sp³-hybridized carbons (Fsp3) is 0.179. The Bertz CT molecular complexity index is 1430. The summed E-state index contributed by atoms with van der Waals surface area (Å²) in [5.41, 5.74) is 5.22. The molecular formula is C28H27N5O2S. The predicted molar refractivity (Wildman–Crippen MR) is 143 cm³/mol. The van der Waals surface area contributed by atoms with E-state index in [1.54, 1.807) is 18.9 Å². The normalized spacial score (nSPS) is 14.7. The minimum absolute atomic E-state index is 0.171. The summed E-state index contributed by atoms with van der Waals surface area (Å²) >= 11 is 1.54. The maximum absolute atomic E-state index is 13.6. The van der Waals surface area contributed by atoms with E-state index in [1.807, 2.05) is 91.3 Å². The first-order valence-corrected chi connectivity index (χ1v) is 12.6. The van der Waals surface area contributed by atoms with Crippen LogP contribution in [0.25, 0.3) is 0 Å². The van der Waals surface area contributed by atoms with Gasteiger partial charge < -0.3 is 15.4 Å². The average Bonchev–Trinajstić information content (AvgIpc) is 3.31. The first kappa shape index (κ1) is 23.7. The Morgan fingerprint density at radius 3 is 2.61 bits per heavy atom. The first-order valence-electron chi connectivity index (χ1n) is 11.7. The molecule has 0 fully saturated rings. The molecule has 0 radical (unpaired) electrons. The first-order chi connectivity index (χ1) is 17.5. The van der Waals surface area contributed by atoms with Gasteiger partial charge in [-0.1, -0.05) is 72.4 Å². The van der Waals surface area contributed by atoms with Crippen molar-refractivity contribution in [3.05, 3.63) is 107 Å². The van der Waals surface area contributed by atoms with Crippen LogP contribution in [0.2, 0.25) is 0 Å². The van der Waals surface area contributed by atoms with Crippen LogP contribution in [-0.2, 0) is 10.5 Å². The summed E-state index contributed by atoms with van der Waals surface area (Å²) in [5, 5.41) is 11.8. The van der Waals surface area contributed by atoms with Crippen LogP contribution in [0.1, 0.15) is 29.7 Å². The largest absolute Gasteiger partial charge is 0.497 e. The Balaban J connectivity index is 1.46. The molecule has 182 valence electrons. The Morgan fingerprint density at radius 2 is 1.83 bits per heavy atom. The Hall–Kier alpha value is -4.04. The molecule has 0 aliphatic carbocycles. The van der Waals surface area contributed by atoms with Crippen LogP contribution >= 0.6 is 11.8 Å². The van der Waals surface area contributed by atoms with Crippen molar-refractivity contribution in [2.45, 2.75) is 30.8 Å². The zero-order chi connectivity index (χ0) is 25.1. The van der Waals surface area contributed by atoms with E-state index < -0.39 is 6.04 Å². The van der Waals surface area contributed by atoms with E-state index in [-0.39, 0.29) is 5.91 Å². The molecule has 0 saturated heterocycles. The molecule has 0 bridgehead atoms. The quantitative estimate of drug-likeness (QED) is 0.314. The Labute approximate surface area is 214 Å². The van der Waals surface area contributed by atoms with Crippen molar-refractivity contribution in [1.29, 1.82) is 0 Å².